The number of benzene rings is 1. The van der Waals surface area contributed by atoms with Crippen LogP contribution in [0.15, 0.2) is 29.4 Å². The third-order valence-corrected chi connectivity index (χ3v) is 5.12. The first-order chi connectivity index (χ1) is 10.4. The van der Waals surface area contributed by atoms with Crippen LogP contribution in [0.4, 0.5) is 5.69 Å². The molecule has 118 valence electrons. The number of amides is 1. The summed E-state index contributed by atoms with van der Waals surface area (Å²) in [6, 6.07) is 5.83. The Labute approximate surface area is 127 Å². The van der Waals surface area contributed by atoms with E-state index in [-0.39, 0.29) is 35.4 Å². The van der Waals surface area contributed by atoms with E-state index in [4.69, 9.17) is 0 Å². The molecule has 1 aliphatic heterocycles. The van der Waals surface area contributed by atoms with E-state index >= 15 is 0 Å². The molecule has 1 amide bonds. The van der Waals surface area contributed by atoms with Gasteiger partial charge in [-0.2, -0.15) is 5.10 Å². The highest BCUT2D eigenvalue weighted by Crippen LogP contribution is 2.21. The molecule has 0 saturated carbocycles. The molecule has 0 aliphatic carbocycles. The van der Waals surface area contributed by atoms with Crippen LogP contribution >= 0.6 is 0 Å². The first-order valence-corrected chi connectivity index (χ1v) is 8.45. The van der Waals surface area contributed by atoms with E-state index in [0.717, 1.165) is 0 Å². The first kappa shape index (κ1) is 16.1. The molecule has 1 heterocycles. The Balaban J connectivity index is 1.86. The summed E-state index contributed by atoms with van der Waals surface area (Å²) in [4.78, 5) is 21.8. The van der Waals surface area contributed by atoms with Gasteiger partial charge in [0.15, 0.2) is 9.84 Å². The van der Waals surface area contributed by atoms with Crippen molar-refractivity contribution in [2.75, 3.05) is 11.5 Å². The summed E-state index contributed by atoms with van der Waals surface area (Å²) in [5.74, 6) is -0.376. The lowest BCUT2D eigenvalue weighted by Gasteiger charge is -2.05. The van der Waals surface area contributed by atoms with Gasteiger partial charge in [-0.3, -0.25) is 14.9 Å². The highest BCUT2D eigenvalue weighted by Gasteiger charge is 2.29. The molecule has 1 N–H and O–H groups in total. The summed E-state index contributed by atoms with van der Waals surface area (Å²) >= 11 is 0. The minimum absolute atomic E-state index is 0.0367. The Bertz CT molecular complexity index is 714. The van der Waals surface area contributed by atoms with Crippen molar-refractivity contribution in [1.29, 1.82) is 0 Å². The van der Waals surface area contributed by atoms with Crippen molar-refractivity contribution in [2.24, 2.45) is 11.0 Å². The van der Waals surface area contributed by atoms with E-state index in [1.54, 1.807) is 6.07 Å². The molecule has 22 heavy (non-hydrogen) atoms. The van der Waals surface area contributed by atoms with E-state index in [1.807, 2.05) is 0 Å². The standard InChI is InChI=1S/C13H15N3O5S/c17-13(7-11-4-5-22(20,21)9-11)15-14-8-10-2-1-3-12(6-10)16(18)19/h1-3,6,8,11H,4-5,7,9H2,(H,15,17)/b14-8+/t11-/m0/s1. The second kappa shape index (κ2) is 6.65. The number of carbonyl (C=O) groups excluding carboxylic acids is 1. The molecule has 0 unspecified atom stereocenters. The molecule has 0 bridgehead atoms. The summed E-state index contributed by atoms with van der Waals surface area (Å²) in [5, 5.41) is 14.3. The van der Waals surface area contributed by atoms with Crippen LogP contribution in [0.3, 0.4) is 0 Å². The zero-order valence-electron chi connectivity index (χ0n) is 11.6. The average Bonchev–Trinajstić information content (AvgIpc) is 2.78. The maximum absolute atomic E-state index is 11.6. The van der Waals surface area contributed by atoms with Gasteiger partial charge in [0.2, 0.25) is 5.91 Å². The number of sulfone groups is 1. The van der Waals surface area contributed by atoms with Gasteiger partial charge in [0.05, 0.1) is 22.6 Å². The number of carbonyl (C=O) groups is 1. The summed E-state index contributed by atoms with van der Waals surface area (Å²) < 4.78 is 22.6. The van der Waals surface area contributed by atoms with Crippen LogP contribution in [0.5, 0.6) is 0 Å². The maximum atomic E-state index is 11.6. The Morgan fingerprint density at radius 1 is 1.50 bits per heavy atom. The van der Waals surface area contributed by atoms with Gasteiger partial charge in [-0.05, 0) is 12.3 Å². The van der Waals surface area contributed by atoms with Gasteiger partial charge in [-0.15, -0.1) is 0 Å². The van der Waals surface area contributed by atoms with Gasteiger partial charge in [0, 0.05) is 24.1 Å². The van der Waals surface area contributed by atoms with Crippen LogP contribution in [0.25, 0.3) is 0 Å². The minimum atomic E-state index is -3.00. The lowest BCUT2D eigenvalue weighted by Crippen LogP contribution is -2.21. The van der Waals surface area contributed by atoms with Gasteiger partial charge in [0.25, 0.3) is 5.69 Å². The number of hydrogen-bond acceptors (Lipinski definition) is 6. The largest absolute Gasteiger partial charge is 0.273 e. The predicted octanol–water partition coefficient (Wildman–Crippen LogP) is 0.870. The Morgan fingerprint density at radius 3 is 2.91 bits per heavy atom. The van der Waals surface area contributed by atoms with Crippen LogP contribution in [0.2, 0.25) is 0 Å². The summed E-state index contributed by atoms with van der Waals surface area (Å²) in [6.07, 6.45) is 1.89. The summed E-state index contributed by atoms with van der Waals surface area (Å²) in [7, 11) is -3.00. The lowest BCUT2D eigenvalue weighted by atomic mass is 10.1. The second-order valence-corrected chi connectivity index (χ2v) is 7.35. The molecule has 0 aromatic heterocycles. The van der Waals surface area contributed by atoms with Crippen molar-refractivity contribution in [1.82, 2.24) is 5.43 Å². The zero-order valence-corrected chi connectivity index (χ0v) is 12.5. The van der Waals surface area contributed by atoms with Gasteiger partial charge < -0.3 is 0 Å². The Hall–Kier alpha value is -2.29. The maximum Gasteiger partial charge on any atom is 0.270 e. The molecule has 1 fully saturated rings. The van der Waals surface area contributed by atoms with Gasteiger partial charge in [-0.25, -0.2) is 13.8 Å². The number of hydrazone groups is 1. The average molecular weight is 325 g/mol. The molecular formula is C13H15N3O5S. The number of non-ortho nitro benzene ring substituents is 1. The lowest BCUT2D eigenvalue weighted by molar-refractivity contribution is -0.384. The van der Waals surface area contributed by atoms with Gasteiger partial charge in [0.1, 0.15) is 0 Å². The van der Waals surface area contributed by atoms with Crippen LogP contribution in [-0.4, -0.2) is 37.0 Å². The molecule has 0 spiro atoms. The molecule has 9 heteroatoms. The van der Waals surface area contributed by atoms with Crippen LogP contribution in [-0.2, 0) is 14.6 Å². The smallest absolute Gasteiger partial charge is 0.270 e. The number of rotatable bonds is 5. The first-order valence-electron chi connectivity index (χ1n) is 6.62. The van der Waals surface area contributed by atoms with E-state index in [1.165, 1.54) is 24.4 Å². The fourth-order valence-corrected chi connectivity index (χ4v) is 4.10. The number of nitrogens with one attached hydrogen (secondary N) is 1. The normalized spacial score (nSPS) is 20.1. The molecular weight excluding hydrogens is 310 g/mol. The molecule has 1 aliphatic rings. The SMILES string of the molecule is O=C(C[C@@H]1CCS(=O)(=O)C1)N/N=C/c1cccc([N+](=O)[O-])c1. The fraction of sp³-hybridized carbons (Fsp3) is 0.385. The quantitative estimate of drug-likeness (QED) is 0.489. The van der Waals surface area contributed by atoms with Gasteiger partial charge >= 0.3 is 0 Å². The van der Waals surface area contributed by atoms with Crippen molar-refractivity contribution >= 4 is 27.6 Å². The van der Waals surface area contributed by atoms with Crippen LogP contribution < -0.4 is 5.43 Å². The van der Waals surface area contributed by atoms with E-state index in [0.29, 0.717) is 12.0 Å². The topological polar surface area (TPSA) is 119 Å². The van der Waals surface area contributed by atoms with E-state index in [2.05, 4.69) is 10.5 Å². The molecule has 0 radical (unpaired) electrons. The van der Waals surface area contributed by atoms with E-state index in [9.17, 15) is 23.3 Å². The monoisotopic (exact) mass is 325 g/mol. The minimum Gasteiger partial charge on any atom is -0.273 e. The van der Waals surface area contributed by atoms with Crippen molar-refractivity contribution in [3.8, 4) is 0 Å². The number of nitro groups is 1. The highest BCUT2D eigenvalue weighted by molar-refractivity contribution is 7.91. The number of nitro benzene ring substituents is 1. The Kier molecular flexibility index (Phi) is 4.86. The number of nitrogens with zero attached hydrogens (tertiary/aromatic N) is 2. The van der Waals surface area contributed by atoms with Crippen molar-refractivity contribution in [2.45, 2.75) is 12.8 Å². The summed E-state index contributed by atoms with van der Waals surface area (Å²) in [6.45, 7) is 0. The highest BCUT2D eigenvalue weighted by atomic mass is 32.2. The van der Waals surface area contributed by atoms with Crippen molar-refractivity contribution < 1.29 is 18.1 Å². The molecule has 8 nitrogen and oxygen atoms in total. The van der Waals surface area contributed by atoms with E-state index < -0.39 is 14.8 Å². The van der Waals surface area contributed by atoms with Crippen molar-refractivity contribution in [3.05, 3.63) is 39.9 Å². The molecule has 1 atom stereocenters. The fourth-order valence-electron chi connectivity index (χ4n) is 2.24. The molecule has 1 saturated heterocycles. The van der Waals surface area contributed by atoms with Gasteiger partial charge in [-0.1, -0.05) is 12.1 Å². The molecule has 1 aromatic carbocycles. The summed E-state index contributed by atoms with van der Waals surface area (Å²) in [5.41, 5.74) is 2.72. The number of hydrogen-bond donors (Lipinski definition) is 1. The van der Waals surface area contributed by atoms with Crippen molar-refractivity contribution in [3.63, 3.8) is 0 Å². The Morgan fingerprint density at radius 2 is 2.27 bits per heavy atom. The third-order valence-electron chi connectivity index (χ3n) is 3.28. The zero-order chi connectivity index (χ0) is 16.2. The third kappa shape index (κ3) is 4.62. The predicted molar refractivity (Wildman–Crippen MR) is 80.2 cm³/mol. The molecule has 1 aromatic rings. The second-order valence-electron chi connectivity index (χ2n) is 5.12. The molecule has 2 rings (SSSR count). The van der Waals surface area contributed by atoms with Crippen LogP contribution in [0, 0.1) is 16.0 Å². The van der Waals surface area contributed by atoms with Crippen LogP contribution in [0.1, 0.15) is 18.4 Å².